The van der Waals surface area contributed by atoms with Crippen molar-refractivity contribution in [2.75, 3.05) is 26.2 Å². The second kappa shape index (κ2) is 9.14. The van der Waals surface area contributed by atoms with Crippen molar-refractivity contribution in [1.82, 2.24) is 14.5 Å². The number of sulfonamides is 1. The van der Waals surface area contributed by atoms with Crippen LogP contribution in [0.2, 0.25) is 0 Å². The molecule has 1 aliphatic heterocycles. The highest BCUT2D eigenvalue weighted by Crippen LogP contribution is 2.29. The fraction of sp³-hybridized carbons (Fsp3) is 0.682. The Morgan fingerprint density at radius 3 is 2.31 bits per heavy atom. The van der Waals surface area contributed by atoms with Gasteiger partial charge in [0.1, 0.15) is 0 Å². The van der Waals surface area contributed by atoms with E-state index in [9.17, 15) is 13.2 Å². The highest BCUT2D eigenvalue weighted by molar-refractivity contribution is 7.89. The zero-order chi connectivity index (χ0) is 21.2. The number of rotatable bonds is 5. The molecule has 6 nitrogen and oxygen atoms in total. The van der Waals surface area contributed by atoms with Gasteiger partial charge in [0.2, 0.25) is 15.9 Å². The molecule has 0 unspecified atom stereocenters. The van der Waals surface area contributed by atoms with E-state index in [1.54, 1.807) is 12.1 Å². The number of piperazine rings is 1. The van der Waals surface area contributed by atoms with E-state index < -0.39 is 10.0 Å². The predicted octanol–water partition coefficient (Wildman–Crippen LogP) is 2.63. The number of nitrogens with zero attached hydrogens (tertiary/aromatic N) is 2. The van der Waals surface area contributed by atoms with Gasteiger partial charge in [0.05, 0.1) is 10.9 Å². The van der Waals surface area contributed by atoms with Crippen molar-refractivity contribution >= 4 is 15.9 Å². The van der Waals surface area contributed by atoms with Crippen LogP contribution in [0.4, 0.5) is 0 Å². The van der Waals surface area contributed by atoms with E-state index in [4.69, 9.17) is 0 Å². The summed E-state index contributed by atoms with van der Waals surface area (Å²) in [4.78, 5) is 15.2. The summed E-state index contributed by atoms with van der Waals surface area (Å²) in [5, 5.41) is 3.26. The smallest absolute Gasteiger partial charge is 0.243 e. The molecule has 2 aliphatic rings. The Balaban J connectivity index is 1.55. The van der Waals surface area contributed by atoms with Gasteiger partial charge in [0, 0.05) is 32.2 Å². The molecule has 1 aromatic rings. The van der Waals surface area contributed by atoms with Crippen LogP contribution in [0.15, 0.2) is 29.2 Å². The number of hydrogen-bond donors (Lipinski definition) is 1. The van der Waals surface area contributed by atoms with Crippen molar-refractivity contribution in [3.63, 3.8) is 0 Å². The maximum atomic E-state index is 12.9. The minimum Gasteiger partial charge on any atom is -0.352 e. The molecule has 4 atom stereocenters. The molecule has 7 heteroatoms. The van der Waals surface area contributed by atoms with Crippen LogP contribution in [0, 0.1) is 18.8 Å². The molecular weight excluding hydrogens is 386 g/mol. The predicted molar refractivity (Wildman–Crippen MR) is 115 cm³/mol. The minimum absolute atomic E-state index is 0.0609. The molecular formula is C22H35N3O3S. The molecule has 0 aromatic heterocycles. The number of aryl methyl sites for hydroxylation is 1. The maximum Gasteiger partial charge on any atom is 0.243 e. The summed E-state index contributed by atoms with van der Waals surface area (Å²) >= 11 is 0. The number of amides is 1. The molecule has 0 bridgehead atoms. The van der Waals surface area contributed by atoms with E-state index in [1.165, 1.54) is 17.1 Å². The molecule has 0 radical (unpaired) electrons. The molecule has 1 aliphatic carbocycles. The van der Waals surface area contributed by atoms with Gasteiger partial charge in [-0.15, -0.1) is 0 Å². The topological polar surface area (TPSA) is 69.7 Å². The van der Waals surface area contributed by atoms with Gasteiger partial charge in [0.25, 0.3) is 0 Å². The van der Waals surface area contributed by atoms with E-state index in [0.29, 0.717) is 42.9 Å². The molecule has 1 aromatic carbocycles. The summed E-state index contributed by atoms with van der Waals surface area (Å²) in [5.41, 5.74) is 1.04. The summed E-state index contributed by atoms with van der Waals surface area (Å²) in [5.74, 6) is 1.20. The standard InChI is InChI=1S/C22H35N3O3S/c1-16-8-10-20(11-9-16)29(27,28)25-14-12-24(13-15-25)19(4)22(26)23-21-7-5-6-17(2)18(21)3/h8-11,17-19,21H,5-7,12-15H2,1-4H3,(H,23,26)/t17-,18-,19-,21+/m0/s1. The summed E-state index contributed by atoms with van der Waals surface area (Å²) in [6.45, 7) is 10.3. The third kappa shape index (κ3) is 5.01. The zero-order valence-electron chi connectivity index (χ0n) is 18.1. The normalized spacial score (nSPS) is 28.1. The first-order valence-corrected chi connectivity index (χ1v) is 12.3. The monoisotopic (exact) mass is 421 g/mol. The second-order valence-electron chi connectivity index (χ2n) is 8.81. The molecule has 1 amide bonds. The molecule has 1 N–H and O–H groups in total. The van der Waals surface area contributed by atoms with Gasteiger partial charge in [0.15, 0.2) is 0 Å². The van der Waals surface area contributed by atoms with Crippen LogP contribution in [-0.4, -0.2) is 61.8 Å². The SMILES string of the molecule is Cc1ccc(S(=O)(=O)N2CCN([C@@H](C)C(=O)N[C@@H]3CCC[C@H](C)[C@@H]3C)CC2)cc1. The highest BCUT2D eigenvalue weighted by atomic mass is 32.2. The lowest BCUT2D eigenvalue weighted by Gasteiger charge is -2.39. The Morgan fingerprint density at radius 2 is 1.69 bits per heavy atom. The van der Waals surface area contributed by atoms with Crippen molar-refractivity contribution in [3.05, 3.63) is 29.8 Å². The van der Waals surface area contributed by atoms with E-state index in [1.807, 2.05) is 26.0 Å². The maximum absolute atomic E-state index is 12.9. The highest BCUT2D eigenvalue weighted by Gasteiger charge is 2.34. The lowest BCUT2D eigenvalue weighted by molar-refractivity contribution is -0.127. The van der Waals surface area contributed by atoms with Crippen molar-refractivity contribution in [2.24, 2.45) is 11.8 Å². The van der Waals surface area contributed by atoms with Gasteiger partial charge in [-0.2, -0.15) is 4.31 Å². The first kappa shape index (κ1) is 22.2. The van der Waals surface area contributed by atoms with Gasteiger partial charge in [-0.1, -0.05) is 44.4 Å². The van der Waals surface area contributed by atoms with Crippen LogP contribution in [0.25, 0.3) is 0 Å². The van der Waals surface area contributed by atoms with Crippen LogP contribution in [0.5, 0.6) is 0 Å². The Kier molecular flexibility index (Phi) is 7.02. The third-order valence-corrected chi connectivity index (χ3v) is 8.81. The first-order chi connectivity index (χ1) is 13.7. The second-order valence-corrected chi connectivity index (χ2v) is 10.7. The van der Waals surface area contributed by atoms with E-state index in [0.717, 1.165) is 12.0 Å². The Bertz CT molecular complexity index is 801. The number of hydrogen-bond acceptors (Lipinski definition) is 4. The number of nitrogens with one attached hydrogen (secondary N) is 1. The van der Waals surface area contributed by atoms with Gasteiger partial charge in [-0.3, -0.25) is 9.69 Å². The van der Waals surface area contributed by atoms with Gasteiger partial charge in [-0.05, 0) is 44.2 Å². The third-order valence-electron chi connectivity index (χ3n) is 6.89. The van der Waals surface area contributed by atoms with Crippen molar-refractivity contribution in [2.45, 2.75) is 63.9 Å². The molecule has 29 heavy (non-hydrogen) atoms. The Hall–Kier alpha value is -1.44. The van der Waals surface area contributed by atoms with Gasteiger partial charge >= 0.3 is 0 Å². The summed E-state index contributed by atoms with van der Waals surface area (Å²) in [6, 6.07) is 6.98. The summed E-state index contributed by atoms with van der Waals surface area (Å²) in [7, 11) is -3.48. The summed E-state index contributed by atoms with van der Waals surface area (Å²) < 4.78 is 27.3. The van der Waals surface area contributed by atoms with Crippen molar-refractivity contribution in [1.29, 1.82) is 0 Å². The molecule has 1 saturated carbocycles. The van der Waals surface area contributed by atoms with E-state index >= 15 is 0 Å². The van der Waals surface area contributed by atoms with Gasteiger partial charge in [-0.25, -0.2) is 8.42 Å². The lowest BCUT2D eigenvalue weighted by atomic mass is 9.78. The molecule has 1 heterocycles. The molecule has 2 fully saturated rings. The fourth-order valence-electron chi connectivity index (χ4n) is 4.45. The fourth-order valence-corrected chi connectivity index (χ4v) is 5.87. The molecule has 1 saturated heterocycles. The van der Waals surface area contributed by atoms with Crippen LogP contribution >= 0.6 is 0 Å². The van der Waals surface area contributed by atoms with E-state index in [-0.39, 0.29) is 18.0 Å². The van der Waals surface area contributed by atoms with Crippen LogP contribution in [-0.2, 0) is 14.8 Å². The lowest BCUT2D eigenvalue weighted by Crippen LogP contribution is -2.56. The van der Waals surface area contributed by atoms with Crippen molar-refractivity contribution < 1.29 is 13.2 Å². The average Bonchev–Trinajstić information content (AvgIpc) is 2.71. The van der Waals surface area contributed by atoms with Crippen LogP contribution in [0.3, 0.4) is 0 Å². The van der Waals surface area contributed by atoms with Gasteiger partial charge < -0.3 is 5.32 Å². The number of carbonyl (C=O) groups excluding carboxylic acids is 1. The largest absolute Gasteiger partial charge is 0.352 e. The number of benzene rings is 1. The number of carbonyl (C=O) groups is 1. The van der Waals surface area contributed by atoms with Crippen molar-refractivity contribution in [3.8, 4) is 0 Å². The molecule has 162 valence electrons. The Labute approximate surface area is 175 Å². The summed E-state index contributed by atoms with van der Waals surface area (Å²) in [6.07, 6.45) is 3.45. The molecule has 3 rings (SSSR count). The average molecular weight is 422 g/mol. The molecule has 0 spiro atoms. The Morgan fingerprint density at radius 1 is 1.07 bits per heavy atom. The van der Waals surface area contributed by atoms with Crippen LogP contribution < -0.4 is 5.32 Å². The quantitative estimate of drug-likeness (QED) is 0.794. The zero-order valence-corrected chi connectivity index (χ0v) is 18.9. The van der Waals surface area contributed by atoms with Crippen LogP contribution in [0.1, 0.15) is 45.6 Å². The van der Waals surface area contributed by atoms with E-state index in [2.05, 4.69) is 24.1 Å². The minimum atomic E-state index is -3.48. The first-order valence-electron chi connectivity index (χ1n) is 10.8.